The lowest BCUT2D eigenvalue weighted by molar-refractivity contribution is 0.0746. The maximum Gasteiger partial charge on any atom is 0.254 e. The number of aryl methyl sites for hydroxylation is 1. The van der Waals surface area contributed by atoms with Crippen molar-refractivity contribution < 1.29 is 14.3 Å². The van der Waals surface area contributed by atoms with Crippen molar-refractivity contribution in [2.24, 2.45) is 0 Å². The third-order valence-electron chi connectivity index (χ3n) is 4.21. The molecule has 2 aromatic rings. The molecule has 1 amide bonds. The number of carbonyl (C=O) groups excluding carboxylic acids is 1. The topological polar surface area (TPSA) is 43.8 Å². The molecule has 5 heteroatoms. The first-order valence-corrected chi connectivity index (χ1v) is 7.64. The van der Waals surface area contributed by atoms with Crippen molar-refractivity contribution in [1.29, 1.82) is 0 Å². The Morgan fingerprint density at radius 1 is 1.09 bits per heavy atom. The number of phenols is 1. The van der Waals surface area contributed by atoms with Crippen LogP contribution in [-0.4, -0.2) is 42.1 Å². The van der Waals surface area contributed by atoms with Gasteiger partial charge in [-0.15, -0.1) is 0 Å². The van der Waals surface area contributed by atoms with Crippen molar-refractivity contribution in [2.45, 2.75) is 6.92 Å². The largest absolute Gasteiger partial charge is 0.506 e. The summed E-state index contributed by atoms with van der Waals surface area (Å²) in [6.07, 6.45) is 0. The molecule has 0 bridgehead atoms. The fourth-order valence-corrected chi connectivity index (χ4v) is 2.79. The number of benzene rings is 2. The zero-order valence-corrected chi connectivity index (χ0v) is 13.0. The van der Waals surface area contributed by atoms with Gasteiger partial charge in [0, 0.05) is 31.7 Å². The van der Waals surface area contributed by atoms with Gasteiger partial charge in [0.1, 0.15) is 11.6 Å². The second-order valence-electron chi connectivity index (χ2n) is 5.73. The van der Waals surface area contributed by atoms with Crippen LogP contribution in [0.1, 0.15) is 15.9 Å². The summed E-state index contributed by atoms with van der Waals surface area (Å²) in [6, 6.07) is 11.8. The molecule has 0 saturated carbocycles. The minimum atomic E-state index is -0.358. The van der Waals surface area contributed by atoms with Gasteiger partial charge in [0.15, 0.2) is 0 Å². The average Bonchev–Trinajstić information content (AvgIpc) is 2.57. The van der Waals surface area contributed by atoms with E-state index in [0.29, 0.717) is 37.3 Å². The Bertz CT molecular complexity index is 725. The highest BCUT2D eigenvalue weighted by molar-refractivity contribution is 5.94. The fourth-order valence-electron chi connectivity index (χ4n) is 2.79. The monoisotopic (exact) mass is 314 g/mol. The zero-order chi connectivity index (χ0) is 16.4. The number of phenolic OH excluding ortho intramolecular Hbond substituents is 1. The Morgan fingerprint density at radius 3 is 2.43 bits per heavy atom. The maximum absolute atomic E-state index is 13.6. The van der Waals surface area contributed by atoms with E-state index in [9.17, 15) is 14.3 Å². The minimum absolute atomic E-state index is 0.152. The van der Waals surface area contributed by atoms with Gasteiger partial charge in [-0.05, 0) is 36.8 Å². The van der Waals surface area contributed by atoms with Gasteiger partial charge in [0.2, 0.25) is 0 Å². The van der Waals surface area contributed by atoms with Gasteiger partial charge in [-0.1, -0.05) is 18.2 Å². The molecule has 1 N–H and O–H groups in total. The van der Waals surface area contributed by atoms with Gasteiger partial charge in [-0.2, -0.15) is 0 Å². The summed E-state index contributed by atoms with van der Waals surface area (Å²) in [5.41, 5.74) is 1.69. The first-order valence-electron chi connectivity index (χ1n) is 7.64. The highest BCUT2D eigenvalue weighted by Crippen LogP contribution is 2.27. The van der Waals surface area contributed by atoms with Crippen molar-refractivity contribution in [3.63, 3.8) is 0 Å². The fraction of sp³-hybridized carbons (Fsp3) is 0.278. The van der Waals surface area contributed by atoms with Crippen LogP contribution in [-0.2, 0) is 0 Å². The molecule has 3 rings (SSSR count). The van der Waals surface area contributed by atoms with E-state index in [4.69, 9.17) is 0 Å². The summed E-state index contributed by atoms with van der Waals surface area (Å²) in [7, 11) is 0. The molecule has 2 aromatic carbocycles. The number of carbonyl (C=O) groups is 1. The number of halogens is 1. The summed E-state index contributed by atoms with van der Waals surface area (Å²) in [4.78, 5) is 16.2. The third kappa shape index (κ3) is 3.13. The van der Waals surface area contributed by atoms with Gasteiger partial charge in [-0.25, -0.2) is 4.39 Å². The Labute approximate surface area is 134 Å². The number of amides is 1. The summed E-state index contributed by atoms with van der Waals surface area (Å²) < 4.78 is 13.6. The summed E-state index contributed by atoms with van der Waals surface area (Å²) in [5, 5.41) is 9.91. The lowest BCUT2D eigenvalue weighted by Gasteiger charge is -2.36. The quantitative estimate of drug-likeness (QED) is 0.927. The van der Waals surface area contributed by atoms with Gasteiger partial charge < -0.3 is 14.9 Å². The van der Waals surface area contributed by atoms with Crippen LogP contribution in [0, 0.1) is 12.7 Å². The molecule has 4 nitrogen and oxygen atoms in total. The highest BCUT2D eigenvalue weighted by Gasteiger charge is 2.23. The second-order valence-corrected chi connectivity index (χ2v) is 5.73. The molecule has 0 aromatic heterocycles. The molecule has 0 radical (unpaired) electrons. The normalized spacial score (nSPS) is 14.9. The van der Waals surface area contributed by atoms with Crippen LogP contribution in [0.15, 0.2) is 42.5 Å². The number of anilines is 1. The van der Waals surface area contributed by atoms with Crippen molar-refractivity contribution >= 4 is 11.6 Å². The zero-order valence-electron chi connectivity index (χ0n) is 13.0. The lowest BCUT2D eigenvalue weighted by atomic mass is 10.1. The van der Waals surface area contributed by atoms with E-state index in [-0.39, 0.29) is 17.5 Å². The molecule has 0 atom stereocenters. The lowest BCUT2D eigenvalue weighted by Crippen LogP contribution is -2.48. The standard InChI is InChI=1S/C18H19FN2O2/c1-13-6-7-14(12-15(13)19)18(23)21-10-8-20(9-11-21)16-4-2-3-5-17(16)22/h2-7,12,22H,8-11H2,1H3. The molecule has 1 heterocycles. The van der Waals surface area contributed by atoms with E-state index < -0.39 is 0 Å². The Kier molecular flexibility index (Phi) is 4.19. The first kappa shape index (κ1) is 15.3. The average molecular weight is 314 g/mol. The summed E-state index contributed by atoms with van der Waals surface area (Å²) >= 11 is 0. The molecule has 1 saturated heterocycles. The Morgan fingerprint density at radius 2 is 1.78 bits per heavy atom. The molecule has 0 unspecified atom stereocenters. The van der Waals surface area contributed by atoms with Crippen molar-refractivity contribution in [1.82, 2.24) is 4.90 Å². The molecule has 0 spiro atoms. The van der Waals surface area contributed by atoms with E-state index in [2.05, 4.69) is 4.90 Å². The Hall–Kier alpha value is -2.56. The van der Waals surface area contributed by atoms with E-state index in [1.807, 2.05) is 12.1 Å². The maximum atomic E-state index is 13.6. The molecule has 23 heavy (non-hydrogen) atoms. The van der Waals surface area contributed by atoms with Crippen LogP contribution in [0.5, 0.6) is 5.75 Å². The van der Waals surface area contributed by atoms with E-state index in [0.717, 1.165) is 5.69 Å². The van der Waals surface area contributed by atoms with Crippen LogP contribution in [0.25, 0.3) is 0 Å². The van der Waals surface area contributed by atoms with Crippen LogP contribution >= 0.6 is 0 Å². The van der Waals surface area contributed by atoms with Gasteiger partial charge in [0.25, 0.3) is 5.91 Å². The number of hydrogen-bond donors (Lipinski definition) is 1. The van der Waals surface area contributed by atoms with Gasteiger partial charge in [-0.3, -0.25) is 4.79 Å². The number of piperazine rings is 1. The molecule has 1 fully saturated rings. The van der Waals surface area contributed by atoms with Crippen molar-refractivity contribution in [2.75, 3.05) is 31.1 Å². The van der Waals surface area contributed by atoms with Gasteiger partial charge in [0.05, 0.1) is 5.69 Å². The number of hydrogen-bond acceptors (Lipinski definition) is 3. The van der Waals surface area contributed by atoms with Crippen LogP contribution in [0.3, 0.4) is 0 Å². The highest BCUT2D eigenvalue weighted by atomic mass is 19.1. The molecule has 0 aliphatic carbocycles. The second kappa shape index (κ2) is 6.28. The number of nitrogens with zero attached hydrogens (tertiary/aromatic N) is 2. The Balaban J connectivity index is 1.68. The van der Waals surface area contributed by atoms with Crippen LogP contribution < -0.4 is 4.90 Å². The van der Waals surface area contributed by atoms with E-state index in [1.165, 1.54) is 6.07 Å². The van der Waals surface area contributed by atoms with Crippen molar-refractivity contribution in [3.8, 4) is 5.75 Å². The first-order chi connectivity index (χ1) is 11.1. The number of para-hydroxylation sites is 2. The van der Waals surface area contributed by atoms with E-state index >= 15 is 0 Å². The molecular weight excluding hydrogens is 295 g/mol. The number of rotatable bonds is 2. The predicted molar refractivity (Wildman–Crippen MR) is 87.4 cm³/mol. The smallest absolute Gasteiger partial charge is 0.254 e. The molecule has 1 aliphatic heterocycles. The molecular formula is C18H19FN2O2. The van der Waals surface area contributed by atoms with Crippen molar-refractivity contribution in [3.05, 3.63) is 59.4 Å². The van der Waals surface area contributed by atoms with E-state index in [1.54, 1.807) is 36.1 Å². The summed E-state index contributed by atoms with van der Waals surface area (Å²) in [5.74, 6) is -0.266. The summed E-state index contributed by atoms with van der Waals surface area (Å²) in [6.45, 7) is 4.04. The number of aromatic hydroxyl groups is 1. The van der Waals surface area contributed by atoms with Crippen LogP contribution in [0.2, 0.25) is 0 Å². The molecule has 120 valence electrons. The molecule has 1 aliphatic rings. The third-order valence-corrected chi connectivity index (χ3v) is 4.21. The minimum Gasteiger partial charge on any atom is -0.506 e. The van der Waals surface area contributed by atoms with Gasteiger partial charge >= 0.3 is 0 Å². The van der Waals surface area contributed by atoms with Crippen LogP contribution in [0.4, 0.5) is 10.1 Å². The SMILES string of the molecule is Cc1ccc(C(=O)N2CCN(c3ccccc3O)CC2)cc1F. The predicted octanol–water partition coefficient (Wildman–Crippen LogP) is 2.80.